The van der Waals surface area contributed by atoms with E-state index in [1.165, 1.54) is 109 Å². The third kappa shape index (κ3) is 17.8. The van der Waals surface area contributed by atoms with E-state index in [2.05, 4.69) is 11.8 Å². The van der Waals surface area contributed by atoms with Crippen LogP contribution in [0.25, 0.3) is 0 Å². The molecule has 1 unspecified atom stereocenters. The minimum absolute atomic E-state index is 0.290. The molecule has 0 saturated carbocycles. The summed E-state index contributed by atoms with van der Waals surface area (Å²) in [5, 5.41) is 0. The highest BCUT2D eigenvalue weighted by Crippen LogP contribution is 2.21. The lowest BCUT2D eigenvalue weighted by molar-refractivity contribution is -0.135. The Kier molecular flexibility index (Phi) is 21.9. The molecule has 1 amide bonds. The second kappa shape index (κ2) is 23.5. The van der Waals surface area contributed by atoms with Gasteiger partial charge in [0.25, 0.3) is 0 Å². The van der Waals surface area contributed by atoms with Gasteiger partial charge < -0.3 is 9.64 Å². The molecule has 4 heteroatoms. The van der Waals surface area contributed by atoms with E-state index in [0.29, 0.717) is 18.3 Å². The molecule has 0 aromatic carbocycles. The molecular formula is C29H56ClNO2. The molecule has 1 aliphatic heterocycles. The van der Waals surface area contributed by atoms with Gasteiger partial charge in [-0.05, 0) is 38.5 Å². The van der Waals surface area contributed by atoms with Crippen molar-refractivity contribution in [1.29, 1.82) is 0 Å². The minimum atomic E-state index is 0.290. The number of carbonyl (C=O) groups is 1. The van der Waals surface area contributed by atoms with Crippen molar-refractivity contribution in [3.05, 3.63) is 0 Å². The molecule has 3 nitrogen and oxygen atoms in total. The second-order valence-electron chi connectivity index (χ2n) is 10.2. The van der Waals surface area contributed by atoms with Crippen LogP contribution in [0.5, 0.6) is 0 Å². The zero-order chi connectivity index (χ0) is 23.8. The Morgan fingerprint density at radius 2 is 1.30 bits per heavy atom. The molecule has 1 heterocycles. The highest BCUT2D eigenvalue weighted by molar-refractivity contribution is 6.17. The van der Waals surface area contributed by atoms with Crippen LogP contribution in [0.3, 0.4) is 0 Å². The van der Waals surface area contributed by atoms with Crippen molar-refractivity contribution >= 4 is 17.5 Å². The maximum absolute atomic E-state index is 12.4. The lowest BCUT2D eigenvalue weighted by atomic mass is 9.99. The van der Waals surface area contributed by atoms with Gasteiger partial charge in [0, 0.05) is 38.1 Å². The molecule has 0 radical (unpaired) electrons. The lowest BCUT2D eigenvalue weighted by Crippen LogP contribution is -2.44. The summed E-state index contributed by atoms with van der Waals surface area (Å²) < 4.78 is 5.91. The first kappa shape index (κ1) is 30.8. The van der Waals surface area contributed by atoms with Gasteiger partial charge in [-0.1, -0.05) is 103 Å². The third-order valence-corrected chi connectivity index (χ3v) is 7.48. The molecule has 196 valence electrons. The van der Waals surface area contributed by atoms with Crippen molar-refractivity contribution < 1.29 is 9.53 Å². The molecule has 0 aromatic rings. The number of nitrogens with zero attached hydrogens (tertiary/aromatic N) is 1. The number of halogens is 1. The van der Waals surface area contributed by atoms with E-state index in [1.54, 1.807) is 0 Å². The summed E-state index contributed by atoms with van der Waals surface area (Å²) in [5.74, 6) is 0.866. The smallest absolute Gasteiger partial charge is 0.222 e. The Balaban J connectivity index is 1.83. The standard InChI is InChI=1S/C29H56ClNO2/c1-2-3-4-5-6-7-8-9-10-11-12-13-14-15-16-19-26-33-27-23-28-21-17-18-25-31(28)29(32)22-20-24-30/h28H,2-27H2,1H3. The van der Waals surface area contributed by atoms with Crippen molar-refractivity contribution in [2.24, 2.45) is 0 Å². The summed E-state index contributed by atoms with van der Waals surface area (Å²) in [7, 11) is 0. The van der Waals surface area contributed by atoms with Gasteiger partial charge in [-0.3, -0.25) is 4.79 Å². The molecule has 0 bridgehead atoms. The van der Waals surface area contributed by atoms with Gasteiger partial charge >= 0.3 is 0 Å². The maximum atomic E-state index is 12.4. The Bertz CT molecular complexity index is 432. The van der Waals surface area contributed by atoms with Crippen LogP contribution in [0.1, 0.15) is 148 Å². The van der Waals surface area contributed by atoms with Crippen molar-refractivity contribution in [2.75, 3.05) is 25.6 Å². The Morgan fingerprint density at radius 1 is 0.758 bits per heavy atom. The maximum Gasteiger partial charge on any atom is 0.222 e. The van der Waals surface area contributed by atoms with Crippen LogP contribution in [0.4, 0.5) is 0 Å². The number of unbranched alkanes of at least 4 members (excludes halogenated alkanes) is 15. The lowest BCUT2D eigenvalue weighted by Gasteiger charge is -2.36. The summed E-state index contributed by atoms with van der Waals surface area (Å²) in [6.45, 7) is 4.89. The third-order valence-electron chi connectivity index (χ3n) is 7.21. The van der Waals surface area contributed by atoms with Gasteiger partial charge in [-0.2, -0.15) is 0 Å². The molecule has 0 aliphatic carbocycles. The van der Waals surface area contributed by atoms with Crippen molar-refractivity contribution in [1.82, 2.24) is 4.90 Å². The predicted molar refractivity (Wildman–Crippen MR) is 144 cm³/mol. The number of alkyl halides is 1. The highest BCUT2D eigenvalue weighted by Gasteiger charge is 2.25. The van der Waals surface area contributed by atoms with Gasteiger partial charge in [0.1, 0.15) is 0 Å². The van der Waals surface area contributed by atoms with Gasteiger partial charge in [0.15, 0.2) is 0 Å². The summed E-state index contributed by atoms with van der Waals surface area (Å²) >= 11 is 5.75. The monoisotopic (exact) mass is 485 g/mol. The van der Waals surface area contributed by atoms with Gasteiger partial charge in [0.2, 0.25) is 5.91 Å². The van der Waals surface area contributed by atoms with Crippen LogP contribution in [0, 0.1) is 0 Å². The first-order valence-electron chi connectivity index (χ1n) is 14.7. The molecule has 33 heavy (non-hydrogen) atoms. The first-order chi connectivity index (χ1) is 16.3. The topological polar surface area (TPSA) is 29.5 Å². The fraction of sp³-hybridized carbons (Fsp3) is 0.966. The zero-order valence-electron chi connectivity index (χ0n) is 22.1. The molecule has 0 N–H and O–H groups in total. The second-order valence-corrected chi connectivity index (χ2v) is 10.6. The van der Waals surface area contributed by atoms with E-state index < -0.39 is 0 Å². The molecule has 1 atom stereocenters. The molecule has 1 rings (SSSR count). The Labute approximate surface area is 211 Å². The fourth-order valence-electron chi connectivity index (χ4n) is 5.06. The predicted octanol–water partition coefficient (Wildman–Crippen LogP) is 9.05. The van der Waals surface area contributed by atoms with Crippen molar-refractivity contribution in [3.63, 3.8) is 0 Å². The largest absolute Gasteiger partial charge is 0.381 e. The Hall–Kier alpha value is -0.280. The van der Waals surface area contributed by atoms with Crippen LogP contribution < -0.4 is 0 Å². The fourth-order valence-corrected chi connectivity index (χ4v) is 5.20. The normalized spacial score (nSPS) is 16.4. The minimum Gasteiger partial charge on any atom is -0.381 e. The van der Waals surface area contributed by atoms with E-state index in [4.69, 9.17) is 16.3 Å². The molecule has 0 aromatic heterocycles. The summed E-state index contributed by atoms with van der Waals surface area (Å²) in [6.07, 6.45) is 28.3. The first-order valence-corrected chi connectivity index (χ1v) is 15.3. The van der Waals surface area contributed by atoms with E-state index in [1.807, 2.05) is 0 Å². The van der Waals surface area contributed by atoms with Crippen molar-refractivity contribution in [2.45, 2.75) is 154 Å². The molecule has 1 saturated heterocycles. The summed E-state index contributed by atoms with van der Waals surface area (Å²) in [6, 6.07) is 0.382. The molecular weight excluding hydrogens is 430 g/mol. The van der Waals surface area contributed by atoms with Gasteiger partial charge in [0.05, 0.1) is 0 Å². The van der Waals surface area contributed by atoms with Crippen LogP contribution in [0.2, 0.25) is 0 Å². The van der Waals surface area contributed by atoms with Gasteiger partial charge in [-0.15, -0.1) is 11.6 Å². The van der Waals surface area contributed by atoms with Crippen LogP contribution in [-0.4, -0.2) is 42.5 Å². The quantitative estimate of drug-likeness (QED) is 0.107. The van der Waals surface area contributed by atoms with Gasteiger partial charge in [-0.25, -0.2) is 0 Å². The molecule has 1 aliphatic rings. The van der Waals surface area contributed by atoms with E-state index in [0.717, 1.165) is 45.4 Å². The summed E-state index contributed by atoms with van der Waals surface area (Å²) in [5.41, 5.74) is 0. The number of rotatable bonds is 23. The van der Waals surface area contributed by atoms with Crippen LogP contribution in [-0.2, 0) is 9.53 Å². The van der Waals surface area contributed by atoms with E-state index in [-0.39, 0.29) is 5.91 Å². The molecule has 1 fully saturated rings. The number of carbonyl (C=O) groups excluding carboxylic acids is 1. The number of hydrogen-bond donors (Lipinski definition) is 0. The number of hydrogen-bond acceptors (Lipinski definition) is 2. The van der Waals surface area contributed by atoms with Crippen molar-refractivity contribution in [3.8, 4) is 0 Å². The Morgan fingerprint density at radius 3 is 1.85 bits per heavy atom. The molecule has 0 spiro atoms. The summed E-state index contributed by atoms with van der Waals surface area (Å²) in [4.78, 5) is 14.5. The SMILES string of the molecule is CCCCCCCCCCCCCCCCCCOCCC1CCCCN1C(=O)CCCCl. The average Bonchev–Trinajstić information content (AvgIpc) is 2.84. The number of likely N-dealkylation sites (tertiary alicyclic amines) is 1. The average molecular weight is 486 g/mol. The van der Waals surface area contributed by atoms with E-state index >= 15 is 0 Å². The van der Waals surface area contributed by atoms with Crippen LogP contribution in [0.15, 0.2) is 0 Å². The number of ether oxygens (including phenoxy) is 1. The van der Waals surface area contributed by atoms with E-state index in [9.17, 15) is 4.79 Å². The number of amides is 1. The highest BCUT2D eigenvalue weighted by atomic mass is 35.5. The number of piperidine rings is 1. The zero-order valence-corrected chi connectivity index (χ0v) is 22.9. The van der Waals surface area contributed by atoms with Crippen LogP contribution >= 0.6 is 11.6 Å².